The zero-order valence-corrected chi connectivity index (χ0v) is 22.3. The highest BCUT2D eigenvalue weighted by Crippen LogP contribution is 2.32. The number of fused-ring (bicyclic) bond motifs is 1. The lowest BCUT2D eigenvalue weighted by molar-refractivity contribution is 0.101. The Labute approximate surface area is 231 Å². The second-order valence-corrected chi connectivity index (χ2v) is 9.53. The fourth-order valence-corrected chi connectivity index (χ4v) is 4.96. The van der Waals surface area contributed by atoms with Crippen LogP contribution < -0.4 is 10.6 Å². The highest BCUT2D eigenvalue weighted by molar-refractivity contribution is 6.04. The number of amides is 2. The summed E-state index contributed by atoms with van der Waals surface area (Å²) in [6.45, 7) is 2.99. The lowest BCUT2D eigenvalue weighted by atomic mass is 10.1. The molecule has 12 heteroatoms. The number of nitrogens with zero attached hydrogens (tertiary/aromatic N) is 7. The molecule has 0 aliphatic carbocycles. The topological polar surface area (TPSA) is 153 Å². The molecule has 2 amide bonds. The molecule has 0 saturated carbocycles. The van der Waals surface area contributed by atoms with E-state index in [1.807, 2.05) is 47.4 Å². The standard InChI is InChI=1S/C28H32N8O4/c1-19(39)24-25(29)36-26(22(18-31-36)21-7-8-23(30-17-21)20-5-3-2-4-6-20)32-27(24)33-9-11-34(12-10-33)28(40)35(13-15-37)14-16-38/h2-8,17-18,37-38H,9-16,29H2,1H3. The third kappa shape index (κ3) is 5.18. The molecular weight excluding hydrogens is 512 g/mol. The van der Waals surface area contributed by atoms with Gasteiger partial charge in [-0.15, -0.1) is 0 Å². The Balaban J connectivity index is 1.44. The molecule has 4 N–H and O–H groups in total. The number of benzene rings is 1. The van der Waals surface area contributed by atoms with Crippen molar-refractivity contribution in [1.82, 2.24) is 29.4 Å². The molecule has 208 valence electrons. The van der Waals surface area contributed by atoms with E-state index in [2.05, 4.69) is 10.1 Å². The van der Waals surface area contributed by atoms with Crippen LogP contribution in [-0.2, 0) is 0 Å². The summed E-state index contributed by atoms with van der Waals surface area (Å²) in [5.41, 5.74) is 10.7. The first kappa shape index (κ1) is 27.0. The van der Waals surface area contributed by atoms with Crippen molar-refractivity contribution in [1.29, 1.82) is 0 Å². The van der Waals surface area contributed by atoms with Crippen molar-refractivity contribution in [2.24, 2.45) is 0 Å². The minimum atomic E-state index is -0.248. The minimum absolute atomic E-state index is 0.147. The summed E-state index contributed by atoms with van der Waals surface area (Å²) in [6.07, 6.45) is 3.43. The van der Waals surface area contributed by atoms with Crippen LogP contribution in [0, 0.1) is 0 Å². The third-order valence-electron chi connectivity index (χ3n) is 7.02. The van der Waals surface area contributed by atoms with Gasteiger partial charge < -0.3 is 30.6 Å². The quantitative estimate of drug-likeness (QED) is 0.282. The molecule has 4 aromatic rings. The number of hydrogen-bond acceptors (Lipinski definition) is 9. The lowest BCUT2D eigenvalue weighted by Crippen LogP contribution is -2.54. The molecule has 1 aliphatic heterocycles. The number of aliphatic hydroxyl groups excluding tert-OH is 2. The van der Waals surface area contributed by atoms with Crippen molar-refractivity contribution in [2.45, 2.75) is 6.92 Å². The number of carbonyl (C=O) groups excluding carboxylic acids is 2. The summed E-state index contributed by atoms with van der Waals surface area (Å²) in [5, 5.41) is 23.0. The number of aliphatic hydroxyl groups is 2. The van der Waals surface area contributed by atoms with E-state index in [9.17, 15) is 19.8 Å². The van der Waals surface area contributed by atoms with Gasteiger partial charge in [0.05, 0.1) is 25.1 Å². The van der Waals surface area contributed by atoms with Crippen molar-refractivity contribution >= 4 is 29.1 Å². The number of urea groups is 1. The number of pyridine rings is 1. The number of ketones is 1. The van der Waals surface area contributed by atoms with Gasteiger partial charge in [-0.1, -0.05) is 36.4 Å². The van der Waals surface area contributed by atoms with Crippen molar-refractivity contribution in [3.05, 3.63) is 60.4 Å². The second kappa shape index (κ2) is 11.7. The van der Waals surface area contributed by atoms with E-state index in [-0.39, 0.29) is 49.5 Å². The molecule has 12 nitrogen and oxygen atoms in total. The number of carbonyl (C=O) groups is 2. The maximum atomic E-state index is 12.9. The van der Waals surface area contributed by atoms with E-state index in [0.717, 1.165) is 22.4 Å². The maximum absolute atomic E-state index is 12.9. The van der Waals surface area contributed by atoms with Gasteiger partial charge in [-0.3, -0.25) is 9.78 Å². The molecule has 3 aromatic heterocycles. The van der Waals surface area contributed by atoms with Crippen LogP contribution in [0.1, 0.15) is 17.3 Å². The number of aromatic nitrogens is 4. The second-order valence-electron chi connectivity index (χ2n) is 9.53. The van der Waals surface area contributed by atoms with Crippen molar-refractivity contribution < 1.29 is 19.8 Å². The molecule has 0 spiro atoms. The van der Waals surface area contributed by atoms with Crippen LogP contribution in [0.4, 0.5) is 16.4 Å². The molecule has 0 radical (unpaired) electrons. The van der Waals surface area contributed by atoms with Crippen molar-refractivity contribution in [2.75, 3.05) is 63.1 Å². The fraction of sp³-hybridized carbons (Fsp3) is 0.321. The van der Waals surface area contributed by atoms with Gasteiger partial charge in [0.15, 0.2) is 11.4 Å². The molecule has 40 heavy (non-hydrogen) atoms. The van der Waals surface area contributed by atoms with Crippen LogP contribution in [0.15, 0.2) is 54.9 Å². The molecule has 1 aromatic carbocycles. The number of Topliss-reactive ketones (excluding diaryl/α,β-unsaturated/α-hetero) is 1. The Morgan fingerprint density at radius 1 is 0.950 bits per heavy atom. The average molecular weight is 545 g/mol. The number of piperazine rings is 1. The predicted octanol–water partition coefficient (Wildman–Crippen LogP) is 1.77. The zero-order valence-electron chi connectivity index (χ0n) is 22.3. The number of anilines is 2. The molecule has 1 aliphatic rings. The van der Waals surface area contributed by atoms with Gasteiger partial charge in [-0.2, -0.15) is 9.61 Å². The lowest BCUT2D eigenvalue weighted by Gasteiger charge is -2.38. The van der Waals surface area contributed by atoms with Crippen LogP contribution in [0.25, 0.3) is 28.0 Å². The normalized spacial score (nSPS) is 13.6. The molecule has 1 fully saturated rings. The molecule has 0 bridgehead atoms. The van der Waals surface area contributed by atoms with Gasteiger partial charge >= 0.3 is 6.03 Å². The van der Waals surface area contributed by atoms with E-state index in [4.69, 9.17) is 10.7 Å². The highest BCUT2D eigenvalue weighted by atomic mass is 16.3. The third-order valence-corrected chi connectivity index (χ3v) is 7.02. The number of nitrogens with two attached hydrogens (primary N) is 1. The summed E-state index contributed by atoms with van der Waals surface area (Å²) in [7, 11) is 0. The predicted molar refractivity (Wildman–Crippen MR) is 151 cm³/mol. The fourth-order valence-electron chi connectivity index (χ4n) is 4.96. The summed E-state index contributed by atoms with van der Waals surface area (Å²) >= 11 is 0. The van der Waals surface area contributed by atoms with Crippen LogP contribution in [0.2, 0.25) is 0 Å². The van der Waals surface area contributed by atoms with E-state index in [0.29, 0.717) is 37.6 Å². The van der Waals surface area contributed by atoms with Gasteiger partial charge in [0.25, 0.3) is 0 Å². The molecule has 0 atom stereocenters. The van der Waals surface area contributed by atoms with Crippen LogP contribution in [0.5, 0.6) is 0 Å². The number of rotatable bonds is 8. The van der Waals surface area contributed by atoms with Crippen molar-refractivity contribution in [3.63, 3.8) is 0 Å². The Morgan fingerprint density at radius 2 is 1.65 bits per heavy atom. The molecule has 4 heterocycles. The van der Waals surface area contributed by atoms with E-state index >= 15 is 0 Å². The highest BCUT2D eigenvalue weighted by Gasteiger charge is 2.29. The van der Waals surface area contributed by atoms with Gasteiger partial charge in [0.2, 0.25) is 0 Å². The molecule has 0 unspecified atom stereocenters. The van der Waals surface area contributed by atoms with Crippen LogP contribution >= 0.6 is 0 Å². The van der Waals surface area contributed by atoms with Gasteiger partial charge in [0.1, 0.15) is 17.2 Å². The SMILES string of the molecule is CC(=O)c1c(N2CCN(C(=O)N(CCO)CCO)CC2)nc2c(-c3ccc(-c4ccccc4)nc3)cnn2c1N. The van der Waals surface area contributed by atoms with E-state index < -0.39 is 0 Å². The Bertz CT molecular complexity index is 1490. The monoisotopic (exact) mass is 544 g/mol. The summed E-state index contributed by atoms with van der Waals surface area (Å²) < 4.78 is 1.47. The number of hydrogen-bond donors (Lipinski definition) is 3. The first-order chi connectivity index (χ1) is 19.4. The largest absolute Gasteiger partial charge is 0.395 e. The maximum Gasteiger partial charge on any atom is 0.320 e. The summed E-state index contributed by atoms with van der Waals surface area (Å²) in [5.74, 6) is 0.411. The minimum Gasteiger partial charge on any atom is -0.395 e. The Morgan fingerprint density at radius 3 is 2.25 bits per heavy atom. The number of nitrogen functional groups attached to an aromatic ring is 1. The summed E-state index contributed by atoms with van der Waals surface area (Å²) in [6, 6.07) is 13.5. The van der Waals surface area contributed by atoms with Gasteiger partial charge in [-0.25, -0.2) is 9.78 Å². The van der Waals surface area contributed by atoms with Gasteiger partial charge in [0, 0.05) is 62.2 Å². The van der Waals surface area contributed by atoms with Crippen LogP contribution in [0.3, 0.4) is 0 Å². The van der Waals surface area contributed by atoms with Crippen molar-refractivity contribution in [3.8, 4) is 22.4 Å². The molecule has 5 rings (SSSR count). The average Bonchev–Trinajstić information content (AvgIpc) is 3.41. The smallest absolute Gasteiger partial charge is 0.320 e. The first-order valence-corrected chi connectivity index (χ1v) is 13.1. The van der Waals surface area contributed by atoms with E-state index in [1.165, 1.54) is 16.3 Å². The molecular formula is C28H32N8O4. The van der Waals surface area contributed by atoms with Gasteiger partial charge in [-0.05, 0) is 13.0 Å². The Kier molecular flexibility index (Phi) is 7.89. The zero-order chi connectivity index (χ0) is 28.2. The van der Waals surface area contributed by atoms with E-state index in [1.54, 1.807) is 17.3 Å². The first-order valence-electron chi connectivity index (χ1n) is 13.1. The molecule has 1 saturated heterocycles. The van der Waals surface area contributed by atoms with Crippen LogP contribution in [-0.4, -0.2) is 104 Å². The Hall–Kier alpha value is -4.55. The summed E-state index contributed by atoms with van der Waals surface area (Å²) in [4.78, 5) is 40.2.